The predicted molar refractivity (Wildman–Crippen MR) is 66.3 cm³/mol. The van der Waals surface area contributed by atoms with Crippen molar-refractivity contribution in [2.75, 3.05) is 13.2 Å². The molecule has 0 saturated carbocycles. The van der Waals surface area contributed by atoms with Crippen molar-refractivity contribution in [3.05, 3.63) is 22.2 Å². The van der Waals surface area contributed by atoms with Crippen LogP contribution < -0.4 is 0 Å². The molecule has 17 heavy (non-hydrogen) atoms. The molecule has 0 aromatic carbocycles. The first-order valence-corrected chi connectivity index (χ1v) is 6.82. The summed E-state index contributed by atoms with van der Waals surface area (Å²) in [6.07, 6.45) is 6.58. The zero-order valence-corrected chi connectivity index (χ0v) is 10.7. The number of halogens is 1. The van der Waals surface area contributed by atoms with E-state index in [0.717, 1.165) is 44.7 Å². The first kappa shape index (κ1) is 11.4. The molecule has 1 unspecified atom stereocenters. The third-order valence-electron chi connectivity index (χ3n) is 3.67. The topological polar surface area (TPSA) is 35.0 Å². The van der Waals surface area contributed by atoms with Crippen LogP contribution in [0.3, 0.4) is 0 Å². The maximum absolute atomic E-state index is 6.25. The molecule has 1 fully saturated rings. The molecule has 0 N–H and O–H groups in total. The second-order valence-electron chi connectivity index (χ2n) is 5.00. The molecule has 0 amide bonds. The average Bonchev–Trinajstić information content (AvgIpc) is 2.82. The van der Waals surface area contributed by atoms with E-state index in [1.54, 1.807) is 0 Å². The predicted octanol–water partition coefficient (Wildman–Crippen LogP) is 2.59. The van der Waals surface area contributed by atoms with Gasteiger partial charge in [-0.2, -0.15) is 0 Å². The second kappa shape index (κ2) is 4.91. The van der Waals surface area contributed by atoms with Crippen molar-refractivity contribution in [3.8, 4) is 0 Å². The smallest absolute Gasteiger partial charge is 0.136 e. The van der Waals surface area contributed by atoms with E-state index in [2.05, 4.69) is 9.97 Å². The molecular weight excluding hydrogens is 236 g/mol. The minimum absolute atomic E-state index is 0.577. The Balaban J connectivity index is 1.82. The monoisotopic (exact) mass is 252 g/mol. The quantitative estimate of drug-likeness (QED) is 0.759. The van der Waals surface area contributed by atoms with Gasteiger partial charge >= 0.3 is 0 Å². The van der Waals surface area contributed by atoms with Crippen LogP contribution in [0.15, 0.2) is 0 Å². The highest BCUT2D eigenvalue weighted by Gasteiger charge is 2.21. The Kier molecular flexibility index (Phi) is 3.30. The van der Waals surface area contributed by atoms with Crippen LogP contribution in [0.1, 0.15) is 36.3 Å². The summed E-state index contributed by atoms with van der Waals surface area (Å²) in [5.41, 5.74) is 2.37. The molecular formula is C13H17ClN2O. The lowest BCUT2D eigenvalue weighted by molar-refractivity contribution is 0.185. The Bertz CT molecular complexity index is 416. The normalized spacial score (nSPS) is 23.7. The number of hydrogen-bond acceptors (Lipinski definition) is 3. The van der Waals surface area contributed by atoms with Crippen LogP contribution >= 0.6 is 11.6 Å². The first-order chi connectivity index (χ1) is 8.33. The van der Waals surface area contributed by atoms with Gasteiger partial charge in [0.1, 0.15) is 11.0 Å². The molecule has 0 bridgehead atoms. The number of fused-ring (bicyclic) bond motifs is 1. The van der Waals surface area contributed by atoms with Crippen molar-refractivity contribution in [1.29, 1.82) is 0 Å². The Morgan fingerprint density at radius 2 is 2.12 bits per heavy atom. The van der Waals surface area contributed by atoms with E-state index in [1.807, 2.05) is 0 Å². The van der Waals surface area contributed by atoms with Crippen LogP contribution in [0.2, 0.25) is 5.15 Å². The number of aromatic nitrogens is 2. The van der Waals surface area contributed by atoms with Gasteiger partial charge in [-0.25, -0.2) is 9.97 Å². The average molecular weight is 253 g/mol. The fraction of sp³-hybridized carbons (Fsp3) is 0.692. The van der Waals surface area contributed by atoms with Crippen LogP contribution in [-0.2, 0) is 24.0 Å². The summed E-state index contributed by atoms with van der Waals surface area (Å²) in [4.78, 5) is 9.14. The van der Waals surface area contributed by atoms with Gasteiger partial charge in [-0.05, 0) is 38.0 Å². The van der Waals surface area contributed by atoms with E-state index >= 15 is 0 Å². The molecule has 92 valence electrons. The summed E-state index contributed by atoms with van der Waals surface area (Å²) < 4.78 is 5.38. The maximum Gasteiger partial charge on any atom is 0.136 e. The largest absolute Gasteiger partial charge is 0.381 e. The first-order valence-electron chi connectivity index (χ1n) is 6.45. The molecule has 1 aliphatic heterocycles. The molecule has 1 saturated heterocycles. The van der Waals surface area contributed by atoms with Gasteiger partial charge in [0.2, 0.25) is 0 Å². The summed E-state index contributed by atoms with van der Waals surface area (Å²) in [5, 5.41) is 0.684. The van der Waals surface area contributed by atoms with E-state index in [4.69, 9.17) is 16.3 Å². The summed E-state index contributed by atoms with van der Waals surface area (Å²) in [6, 6.07) is 0. The van der Waals surface area contributed by atoms with Crippen LogP contribution in [-0.4, -0.2) is 23.2 Å². The van der Waals surface area contributed by atoms with E-state index in [1.165, 1.54) is 24.1 Å². The van der Waals surface area contributed by atoms with Crippen molar-refractivity contribution in [2.45, 2.75) is 38.5 Å². The Hall–Kier alpha value is -0.670. The van der Waals surface area contributed by atoms with Gasteiger partial charge in [-0.3, -0.25) is 0 Å². The molecule has 1 atom stereocenters. The molecule has 1 aromatic rings. The lowest BCUT2D eigenvalue weighted by Crippen LogP contribution is -2.13. The number of nitrogens with zero attached hydrogens (tertiary/aromatic N) is 2. The Morgan fingerprint density at radius 1 is 1.24 bits per heavy atom. The van der Waals surface area contributed by atoms with Crippen LogP contribution in [0, 0.1) is 5.92 Å². The SMILES string of the molecule is Clc1nc(CC2CCOC2)nc2c1CCCC2. The molecule has 0 radical (unpaired) electrons. The lowest BCUT2D eigenvalue weighted by Gasteiger charge is -2.17. The summed E-state index contributed by atoms with van der Waals surface area (Å²) in [7, 11) is 0. The van der Waals surface area contributed by atoms with Gasteiger partial charge < -0.3 is 4.74 Å². The van der Waals surface area contributed by atoms with E-state index in [-0.39, 0.29) is 0 Å². The van der Waals surface area contributed by atoms with E-state index < -0.39 is 0 Å². The zero-order valence-electron chi connectivity index (χ0n) is 9.91. The van der Waals surface area contributed by atoms with Crippen molar-refractivity contribution in [3.63, 3.8) is 0 Å². The molecule has 2 heterocycles. The molecule has 2 aliphatic rings. The summed E-state index contributed by atoms with van der Waals surface area (Å²) in [6.45, 7) is 1.72. The van der Waals surface area contributed by atoms with Gasteiger partial charge in [0.25, 0.3) is 0 Å². The van der Waals surface area contributed by atoms with Crippen molar-refractivity contribution < 1.29 is 4.74 Å². The Morgan fingerprint density at radius 3 is 2.94 bits per heavy atom. The van der Waals surface area contributed by atoms with Gasteiger partial charge in [0.05, 0.1) is 0 Å². The number of rotatable bonds is 2. The number of hydrogen-bond donors (Lipinski definition) is 0. The third-order valence-corrected chi connectivity index (χ3v) is 3.99. The number of ether oxygens (including phenoxy) is 1. The molecule has 1 aliphatic carbocycles. The van der Waals surface area contributed by atoms with Crippen LogP contribution in [0.4, 0.5) is 0 Å². The van der Waals surface area contributed by atoms with Gasteiger partial charge in [0.15, 0.2) is 0 Å². The van der Waals surface area contributed by atoms with Crippen LogP contribution in [0.5, 0.6) is 0 Å². The fourth-order valence-corrected chi connectivity index (χ4v) is 2.99. The molecule has 3 rings (SSSR count). The van der Waals surface area contributed by atoms with Crippen molar-refractivity contribution >= 4 is 11.6 Å². The van der Waals surface area contributed by atoms with Gasteiger partial charge in [0, 0.05) is 30.9 Å². The third kappa shape index (κ3) is 2.45. The fourth-order valence-electron chi connectivity index (χ4n) is 2.69. The standard InChI is InChI=1S/C13H17ClN2O/c14-13-10-3-1-2-4-11(10)15-12(16-13)7-9-5-6-17-8-9/h9H,1-8H2. The maximum atomic E-state index is 6.25. The molecule has 3 nitrogen and oxygen atoms in total. The lowest BCUT2D eigenvalue weighted by atomic mass is 9.97. The van der Waals surface area contributed by atoms with E-state index in [0.29, 0.717) is 11.1 Å². The van der Waals surface area contributed by atoms with E-state index in [9.17, 15) is 0 Å². The Labute approximate surface area is 107 Å². The van der Waals surface area contributed by atoms with Crippen molar-refractivity contribution in [1.82, 2.24) is 9.97 Å². The molecule has 4 heteroatoms. The highest BCUT2D eigenvalue weighted by atomic mass is 35.5. The highest BCUT2D eigenvalue weighted by Crippen LogP contribution is 2.26. The molecule has 0 spiro atoms. The van der Waals surface area contributed by atoms with Gasteiger partial charge in [-0.15, -0.1) is 0 Å². The van der Waals surface area contributed by atoms with Crippen molar-refractivity contribution in [2.24, 2.45) is 5.92 Å². The second-order valence-corrected chi connectivity index (χ2v) is 5.35. The minimum Gasteiger partial charge on any atom is -0.381 e. The van der Waals surface area contributed by atoms with Crippen LogP contribution in [0.25, 0.3) is 0 Å². The summed E-state index contributed by atoms with van der Waals surface area (Å²) >= 11 is 6.25. The zero-order chi connectivity index (χ0) is 11.7. The van der Waals surface area contributed by atoms with Gasteiger partial charge in [-0.1, -0.05) is 11.6 Å². The highest BCUT2D eigenvalue weighted by molar-refractivity contribution is 6.30. The molecule has 1 aromatic heterocycles. The minimum atomic E-state index is 0.577. The summed E-state index contributed by atoms with van der Waals surface area (Å²) in [5.74, 6) is 1.49. The number of aryl methyl sites for hydroxylation is 1.